The van der Waals surface area contributed by atoms with Gasteiger partial charge in [0.2, 0.25) is 0 Å². The highest BCUT2D eigenvalue weighted by Crippen LogP contribution is 2.33. The molecule has 1 heterocycles. The lowest BCUT2D eigenvalue weighted by atomic mass is 10.2. The van der Waals surface area contributed by atoms with Crippen molar-refractivity contribution in [3.63, 3.8) is 0 Å². The number of rotatable bonds is 2. The molecule has 0 unspecified atom stereocenters. The molecule has 96 valence electrons. The zero-order valence-corrected chi connectivity index (χ0v) is 12.8. The molecule has 0 radical (unpaired) electrons. The first-order valence-electron chi connectivity index (χ1n) is 5.20. The van der Waals surface area contributed by atoms with Gasteiger partial charge in [0, 0.05) is 0 Å². The van der Waals surface area contributed by atoms with Crippen LogP contribution in [0, 0.1) is 12.3 Å². The van der Waals surface area contributed by atoms with Crippen molar-refractivity contribution in [1.82, 2.24) is 4.90 Å². The van der Waals surface area contributed by atoms with E-state index in [0.717, 1.165) is 5.56 Å². The van der Waals surface area contributed by atoms with Gasteiger partial charge in [-0.15, -0.1) is 6.42 Å². The minimum Gasteiger partial charge on any atom is -0.507 e. The molecule has 0 aromatic heterocycles. The number of thiocarbonyl (C=S) groups is 1. The van der Waals surface area contributed by atoms with Gasteiger partial charge in [0.15, 0.2) is 0 Å². The van der Waals surface area contributed by atoms with Gasteiger partial charge in [-0.3, -0.25) is 9.69 Å². The van der Waals surface area contributed by atoms with E-state index in [-0.39, 0.29) is 18.2 Å². The van der Waals surface area contributed by atoms with Gasteiger partial charge in [0.25, 0.3) is 5.91 Å². The zero-order chi connectivity index (χ0) is 14.0. The number of benzene rings is 1. The van der Waals surface area contributed by atoms with Gasteiger partial charge in [0.1, 0.15) is 10.1 Å². The fraction of sp³-hybridized carbons (Fsp3) is 0.0769. The number of carbonyl (C=O) groups excluding carboxylic acids is 1. The topological polar surface area (TPSA) is 40.5 Å². The van der Waals surface area contributed by atoms with Crippen molar-refractivity contribution < 1.29 is 9.90 Å². The molecule has 1 N–H and O–H groups in total. The van der Waals surface area contributed by atoms with Gasteiger partial charge in [-0.2, -0.15) is 0 Å². The average Bonchev–Trinajstić information content (AvgIpc) is 2.62. The summed E-state index contributed by atoms with van der Waals surface area (Å²) in [4.78, 5) is 14.0. The normalized spacial score (nSPS) is 17.1. The van der Waals surface area contributed by atoms with E-state index in [1.807, 2.05) is 0 Å². The van der Waals surface area contributed by atoms with Crippen molar-refractivity contribution in [1.29, 1.82) is 0 Å². The maximum atomic E-state index is 12.1. The number of phenolic OH excluding ortho intramolecular Hbond substituents is 1. The summed E-state index contributed by atoms with van der Waals surface area (Å²) in [6.45, 7) is 0.182. The highest BCUT2D eigenvalue weighted by atomic mass is 79.9. The fourth-order valence-electron chi connectivity index (χ4n) is 1.49. The second-order valence-corrected chi connectivity index (χ2v) is 6.21. The summed E-state index contributed by atoms with van der Waals surface area (Å²) < 4.78 is 1.03. The quantitative estimate of drug-likeness (QED) is 0.504. The molecule has 1 aliphatic heterocycles. The molecule has 1 aromatic rings. The first kappa shape index (κ1) is 14.1. The van der Waals surface area contributed by atoms with Crippen LogP contribution in [0.4, 0.5) is 0 Å². The molecule has 0 spiro atoms. The second kappa shape index (κ2) is 5.78. The van der Waals surface area contributed by atoms with Crippen molar-refractivity contribution in [2.24, 2.45) is 0 Å². The highest BCUT2D eigenvalue weighted by Gasteiger charge is 2.31. The molecule has 0 bridgehead atoms. The van der Waals surface area contributed by atoms with Gasteiger partial charge >= 0.3 is 0 Å². The SMILES string of the molecule is C#CCN1C(=O)/C(=C/c2ccc(O)c(Br)c2)SC1=S. The molecular weight excluding hydrogens is 346 g/mol. The molecule has 0 saturated carbocycles. The minimum atomic E-state index is -0.183. The summed E-state index contributed by atoms with van der Waals surface area (Å²) in [5.74, 6) is 2.37. The molecule has 0 aliphatic carbocycles. The van der Waals surface area contributed by atoms with Crippen molar-refractivity contribution in [3.05, 3.63) is 33.1 Å². The number of thioether (sulfide) groups is 1. The number of terminal acetylenes is 1. The predicted molar refractivity (Wildman–Crippen MR) is 84.5 cm³/mol. The van der Waals surface area contributed by atoms with Gasteiger partial charge in [-0.05, 0) is 39.7 Å². The van der Waals surface area contributed by atoms with E-state index < -0.39 is 0 Å². The van der Waals surface area contributed by atoms with E-state index in [2.05, 4.69) is 21.9 Å². The maximum Gasteiger partial charge on any atom is 0.267 e. The largest absolute Gasteiger partial charge is 0.507 e. The Bertz CT molecular complexity index is 634. The molecule has 1 aliphatic rings. The smallest absolute Gasteiger partial charge is 0.267 e. The molecule has 1 amide bonds. The summed E-state index contributed by atoms with van der Waals surface area (Å²) in [5, 5.41) is 9.42. The zero-order valence-electron chi connectivity index (χ0n) is 9.59. The lowest BCUT2D eigenvalue weighted by Gasteiger charge is -2.08. The van der Waals surface area contributed by atoms with E-state index in [0.29, 0.717) is 13.7 Å². The molecule has 0 atom stereocenters. The van der Waals surface area contributed by atoms with E-state index >= 15 is 0 Å². The molecule has 6 heteroatoms. The first-order chi connectivity index (χ1) is 9.02. The molecule has 1 saturated heterocycles. The Balaban J connectivity index is 2.30. The van der Waals surface area contributed by atoms with Gasteiger partial charge in [-0.25, -0.2) is 0 Å². The number of hydrogen-bond donors (Lipinski definition) is 1. The summed E-state index contributed by atoms with van der Waals surface area (Å²) in [7, 11) is 0. The Morgan fingerprint density at radius 2 is 2.32 bits per heavy atom. The number of nitrogens with zero attached hydrogens (tertiary/aromatic N) is 1. The van der Waals surface area contributed by atoms with Gasteiger partial charge in [0.05, 0.1) is 15.9 Å². The van der Waals surface area contributed by atoms with Crippen LogP contribution in [0.1, 0.15) is 5.56 Å². The van der Waals surface area contributed by atoms with Gasteiger partial charge in [-0.1, -0.05) is 36.0 Å². The molecule has 2 rings (SSSR count). The Morgan fingerprint density at radius 3 is 2.95 bits per heavy atom. The number of aromatic hydroxyl groups is 1. The fourth-order valence-corrected chi connectivity index (χ4v) is 3.14. The summed E-state index contributed by atoms with van der Waals surface area (Å²) in [6, 6.07) is 5.00. The third-order valence-electron chi connectivity index (χ3n) is 2.39. The predicted octanol–water partition coefficient (Wildman–Crippen LogP) is 2.99. The third-order valence-corrected chi connectivity index (χ3v) is 4.41. The van der Waals surface area contributed by atoms with E-state index in [1.165, 1.54) is 16.7 Å². The number of carbonyl (C=O) groups is 1. The van der Waals surface area contributed by atoms with E-state index in [4.69, 9.17) is 18.6 Å². The second-order valence-electron chi connectivity index (χ2n) is 3.68. The Labute approximate surface area is 128 Å². The molecular formula is C13H8BrNO2S2. The van der Waals surface area contributed by atoms with Crippen LogP contribution < -0.4 is 0 Å². The van der Waals surface area contributed by atoms with Crippen molar-refractivity contribution in [2.45, 2.75) is 0 Å². The van der Waals surface area contributed by atoms with Crippen LogP contribution in [0.25, 0.3) is 6.08 Å². The first-order valence-corrected chi connectivity index (χ1v) is 7.22. The molecule has 1 aromatic carbocycles. The third kappa shape index (κ3) is 3.00. The van der Waals surface area contributed by atoms with Crippen molar-refractivity contribution in [3.8, 4) is 18.1 Å². The summed E-state index contributed by atoms with van der Waals surface area (Å²) in [5.41, 5.74) is 0.797. The van der Waals surface area contributed by atoms with Crippen molar-refractivity contribution >= 4 is 56.2 Å². The Morgan fingerprint density at radius 1 is 1.58 bits per heavy atom. The van der Waals surface area contributed by atoms with Crippen molar-refractivity contribution in [2.75, 3.05) is 6.54 Å². The van der Waals surface area contributed by atoms with Gasteiger partial charge < -0.3 is 5.11 Å². The number of halogens is 1. The van der Waals surface area contributed by atoms with Crippen LogP contribution in [0.2, 0.25) is 0 Å². The summed E-state index contributed by atoms with van der Waals surface area (Å²) in [6.07, 6.45) is 6.92. The number of amides is 1. The standard InChI is InChI=1S/C13H8BrNO2S2/c1-2-5-15-12(17)11(19-13(15)18)7-8-3-4-10(16)9(14)6-8/h1,3-4,6-7,16H,5H2/b11-7-. The van der Waals surface area contributed by atoms with E-state index in [1.54, 1.807) is 24.3 Å². The molecule has 1 fully saturated rings. The number of phenols is 1. The van der Waals surface area contributed by atoms with Crippen LogP contribution in [-0.2, 0) is 4.79 Å². The van der Waals surface area contributed by atoms with Crippen LogP contribution >= 0.6 is 39.9 Å². The van der Waals surface area contributed by atoms with E-state index in [9.17, 15) is 9.90 Å². The minimum absolute atomic E-state index is 0.150. The van der Waals surface area contributed by atoms with Crippen LogP contribution in [0.15, 0.2) is 27.6 Å². The van der Waals surface area contributed by atoms with Crippen LogP contribution in [0.3, 0.4) is 0 Å². The molecule has 19 heavy (non-hydrogen) atoms. The van der Waals surface area contributed by atoms with Crippen LogP contribution in [-0.4, -0.2) is 26.8 Å². The number of hydrogen-bond acceptors (Lipinski definition) is 4. The average molecular weight is 354 g/mol. The van der Waals surface area contributed by atoms with Crippen LogP contribution in [0.5, 0.6) is 5.75 Å². The maximum absolute atomic E-state index is 12.1. The Kier molecular flexibility index (Phi) is 4.30. The lowest BCUT2D eigenvalue weighted by molar-refractivity contribution is -0.121. The monoisotopic (exact) mass is 353 g/mol. The highest BCUT2D eigenvalue weighted by molar-refractivity contribution is 9.10. The Hall–Kier alpha value is -1.29. The molecule has 3 nitrogen and oxygen atoms in total. The lowest BCUT2D eigenvalue weighted by Crippen LogP contribution is -2.28. The summed E-state index contributed by atoms with van der Waals surface area (Å²) >= 11 is 9.55.